The van der Waals surface area contributed by atoms with E-state index in [9.17, 15) is 14.3 Å². The monoisotopic (exact) mass is 427 g/mol. The van der Waals surface area contributed by atoms with E-state index in [2.05, 4.69) is 4.98 Å². The summed E-state index contributed by atoms with van der Waals surface area (Å²) in [5, 5.41) is 15.5. The number of amides is 1. The summed E-state index contributed by atoms with van der Waals surface area (Å²) in [5.74, 6) is -0.370. The number of thiazole rings is 1. The molecule has 2 rings (SSSR count). The second kappa shape index (κ2) is 10.3. The van der Waals surface area contributed by atoms with Crippen molar-refractivity contribution < 1.29 is 14.3 Å². The highest BCUT2D eigenvalue weighted by atomic mass is 32.2. The molecule has 156 valence electrons. The summed E-state index contributed by atoms with van der Waals surface area (Å²) >= 11 is 2.57. The maximum absolute atomic E-state index is 13.8. The Bertz CT molecular complexity index is 799. The molecule has 0 aliphatic rings. The van der Waals surface area contributed by atoms with E-state index in [0.717, 1.165) is 27.3 Å². The fourth-order valence-corrected chi connectivity index (χ4v) is 3.98. The number of nitrogens with two attached hydrogens (primary N) is 2. The van der Waals surface area contributed by atoms with E-state index in [1.165, 1.54) is 17.4 Å². The zero-order valence-corrected chi connectivity index (χ0v) is 18.9. The molecule has 5 nitrogen and oxygen atoms in total. The number of aliphatic hydroxyl groups is 1. The molecule has 1 aromatic heterocycles. The fourth-order valence-electron chi connectivity index (χ4n) is 2.79. The van der Waals surface area contributed by atoms with Crippen LogP contribution in [0.2, 0.25) is 0 Å². The van der Waals surface area contributed by atoms with Crippen LogP contribution in [0.4, 0.5) is 4.39 Å². The second-order valence-corrected chi connectivity index (χ2v) is 9.61. The van der Waals surface area contributed by atoms with Crippen molar-refractivity contribution in [3.05, 3.63) is 45.8 Å². The molecule has 0 aliphatic heterocycles. The summed E-state index contributed by atoms with van der Waals surface area (Å²) in [6.07, 6.45) is 1.78. The minimum Gasteiger partial charge on any atom is -0.383 e. The Morgan fingerprint density at radius 1 is 1.29 bits per heavy atom. The van der Waals surface area contributed by atoms with Crippen LogP contribution in [0.1, 0.15) is 75.1 Å². The molecule has 0 fully saturated rings. The van der Waals surface area contributed by atoms with Crippen LogP contribution in [-0.4, -0.2) is 16.0 Å². The van der Waals surface area contributed by atoms with Crippen LogP contribution < -0.4 is 10.9 Å². The molecule has 0 radical (unpaired) electrons. The molecule has 0 bridgehead atoms. The first-order valence-electron chi connectivity index (χ1n) is 9.03. The average molecular weight is 428 g/mol. The molecular formula is C20H30FN3O2S2. The summed E-state index contributed by atoms with van der Waals surface area (Å²) in [7, 11) is 0. The Morgan fingerprint density at radius 2 is 1.89 bits per heavy atom. The number of hydrogen-bond acceptors (Lipinski definition) is 6. The van der Waals surface area contributed by atoms with Crippen molar-refractivity contribution in [2.24, 2.45) is 10.9 Å². The van der Waals surface area contributed by atoms with E-state index in [1.54, 1.807) is 26.1 Å². The molecule has 5 N–H and O–H groups in total. The normalized spacial score (nSPS) is 11.5. The predicted molar refractivity (Wildman–Crippen MR) is 115 cm³/mol. The van der Waals surface area contributed by atoms with E-state index < -0.39 is 11.5 Å². The number of aromatic nitrogens is 1. The lowest BCUT2D eigenvalue weighted by Gasteiger charge is -2.19. The molecule has 1 heterocycles. The van der Waals surface area contributed by atoms with Gasteiger partial charge in [-0.3, -0.25) is 9.93 Å². The van der Waals surface area contributed by atoms with Crippen LogP contribution in [0.3, 0.4) is 0 Å². The van der Waals surface area contributed by atoms with Crippen molar-refractivity contribution in [3.8, 4) is 0 Å². The van der Waals surface area contributed by atoms with Crippen LogP contribution >= 0.6 is 23.3 Å². The average Bonchev–Trinajstić information content (AvgIpc) is 3.03. The van der Waals surface area contributed by atoms with Gasteiger partial charge < -0.3 is 10.8 Å². The maximum Gasteiger partial charge on any atom is 0.221 e. The van der Waals surface area contributed by atoms with Crippen molar-refractivity contribution in [2.75, 3.05) is 0 Å². The van der Waals surface area contributed by atoms with E-state index in [0.29, 0.717) is 10.6 Å². The van der Waals surface area contributed by atoms with E-state index >= 15 is 0 Å². The van der Waals surface area contributed by atoms with Crippen LogP contribution in [0.25, 0.3) is 0 Å². The highest BCUT2D eigenvalue weighted by Crippen LogP contribution is 2.30. The van der Waals surface area contributed by atoms with Crippen molar-refractivity contribution in [1.82, 2.24) is 4.98 Å². The Balaban J connectivity index is 0.000000307. The van der Waals surface area contributed by atoms with E-state index in [4.69, 9.17) is 10.9 Å². The highest BCUT2D eigenvalue weighted by molar-refractivity contribution is 7.99. The molecule has 2 aromatic rings. The van der Waals surface area contributed by atoms with Crippen molar-refractivity contribution in [1.29, 1.82) is 0 Å². The molecule has 0 atom stereocenters. The third kappa shape index (κ3) is 6.84. The van der Waals surface area contributed by atoms with Crippen LogP contribution in [-0.2, 0) is 16.8 Å². The topological polar surface area (TPSA) is 102 Å². The Hall–Kier alpha value is -1.48. The lowest BCUT2D eigenvalue weighted by molar-refractivity contribution is -0.117. The molecule has 0 saturated carbocycles. The summed E-state index contributed by atoms with van der Waals surface area (Å²) in [6.45, 7) is 11.3. The van der Waals surface area contributed by atoms with Gasteiger partial charge in [0.05, 0.1) is 16.8 Å². The summed E-state index contributed by atoms with van der Waals surface area (Å²) in [5.41, 5.74) is 6.80. The van der Waals surface area contributed by atoms with Gasteiger partial charge in [-0.25, -0.2) is 9.37 Å². The predicted octanol–water partition coefficient (Wildman–Crippen LogP) is 4.44. The number of primary amides is 1. The minimum absolute atomic E-state index is 0.0445. The third-order valence-corrected chi connectivity index (χ3v) is 6.00. The first-order valence-corrected chi connectivity index (χ1v) is 10.7. The number of carbonyl (C=O) groups is 1. The van der Waals surface area contributed by atoms with Gasteiger partial charge in [0.15, 0.2) is 0 Å². The van der Waals surface area contributed by atoms with Gasteiger partial charge in [-0.2, -0.15) is 0 Å². The van der Waals surface area contributed by atoms with Gasteiger partial charge in [0.25, 0.3) is 0 Å². The Kier molecular flexibility index (Phi) is 9.07. The Labute approximate surface area is 174 Å². The molecule has 0 aliphatic carbocycles. The van der Waals surface area contributed by atoms with Gasteiger partial charge in [0.2, 0.25) is 5.91 Å². The molecule has 8 heteroatoms. The standard InChI is InChI=1S/C14H20FNO.C6H10N2OS2/c1-8(2)10-5-6-12(15)14(9(3)4)11(10)7-13(16)17;1-6(2,9)5-8-3-4(10-5)11-7/h5-6,8-9H,7H2,1-4H3,(H2,16,17);3,9H,7H2,1-2H3. The van der Waals surface area contributed by atoms with E-state index in [1.807, 2.05) is 27.7 Å². The molecular weight excluding hydrogens is 397 g/mol. The van der Waals surface area contributed by atoms with Gasteiger partial charge >= 0.3 is 0 Å². The number of nitrogens with zero attached hydrogens (tertiary/aromatic N) is 1. The zero-order chi connectivity index (χ0) is 21.6. The molecule has 1 amide bonds. The first-order chi connectivity index (χ1) is 12.9. The number of benzene rings is 1. The van der Waals surface area contributed by atoms with E-state index in [-0.39, 0.29) is 24.1 Å². The number of rotatable bonds is 6. The summed E-state index contributed by atoms with van der Waals surface area (Å²) in [4.78, 5) is 15.2. The lowest BCUT2D eigenvalue weighted by atomic mass is 9.86. The minimum atomic E-state index is -0.849. The largest absolute Gasteiger partial charge is 0.383 e. The van der Waals surface area contributed by atoms with Crippen molar-refractivity contribution in [2.45, 2.75) is 69.6 Å². The number of halogens is 1. The van der Waals surface area contributed by atoms with Crippen LogP contribution in [0.5, 0.6) is 0 Å². The number of carbonyl (C=O) groups excluding carboxylic acids is 1. The van der Waals surface area contributed by atoms with Gasteiger partial charge in [0, 0.05) is 0 Å². The maximum atomic E-state index is 13.8. The van der Waals surface area contributed by atoms with Gasteiger partial charge in [-0.1, -0.05) is 33.8 Å². The lowest BCUT2D eigenvalue weighted by Crippen LogP contribution is -2.18. The Morgan fingerprint density at radius 3 is 2.25 bits per heavy atom. The molecule has 0 spiro atoms. The fraction of sp³-hybridized carbons (Fsp3) is 0.500. The quantitative estimate of drug-likeness (QED) is 0.592. The zero-order valence-electron chi connectivity index (χ0n) is 17.2. The van der Waals surface area contributed by atoms with Crippen molar-refractivity contribution >= 4 is 29.2 Å². The first kappa shape index (κ1) is 24.6. The SMILES string of the molecule is CC(C)(O)c1ncc(SN)s1.CC(C)c1ccc(F)c(C(C)C)c1CC(N)=O. The van der Waals surface area contributed by atoms with Crippen LogP contribution in [0.15, 0.2) is 22.5 Å². The molecule has 1 aromatic carbocycles. The van der Waals surface area contributed by atoms with Crippen molar-refractivity contribution in [3.63, 3.8) is 0 Å². The van der Waals surface area contributed by atoms with Gasteiger partial charge in [0.1, 0.15) is 16.4 Å². The number of hydrogen-bond donors (Lipinski definition) is 3. The smallest absolute Gasteiger partial charge is 0.221 e. The molecule has 0 saturated heterocycles. The molecule has 28 heavy (non-hydrogen) atoms. The summed E-state index contributed by atoms with van der Waals surface area (Å²) in [6, 6.07) is 3.24. The highest BCUT2D eigenvalue weighted by Gasteiger charge is 2.20. The second-order valence-electron chi connectivity index (χ2n) is 7.64. The van der Waals surface area contributed by atoms with Crippen LogP contribution in [0, 0.1) is 5.82 Å². The molecule has 0 unspecified atom stereocenters. The third-order valence-electron chi connectivity index (χ3n) is 4.01. The van der Waals surface area contributed by atoms with Gasteiger partial charge in [-0.05, 0) is 60.4 Å². The van der Waals surface area contributed by atoms with Gasteiger partial charge in [-0.15, -0.1) is 11.3 Å². The summed E-state index contributed by atoms with van der Waals surface area (Å²) < 4.78 is 14.8.